The van der Waals surface area contributed by atoms with Gasteiger partial charge in [-0.25, -0.2) is 0 Å². The molecule has 4 heteroatoms. The van der Waals surface area contributed by atoms with Crippen molar-refractivity contribution in [3.05, 3.63) is 29.6 Å². The molecule has 0 aromatic carbocycles. The number of hydrogen-bond donors (Lipinski definition) is 1. The minimum absolute atomic E-state index is 0.182. The molecule has 1 fully saturated rings. The summed E-state index contributed by atoms with van der Waals surface area (Å²) in [5, 5.41) is 12.0. The Morgan fingerprint density at radius 1 is 1.53 bits per heavy atom. The van der Waals surface area contributed by atoms with Crippen molar-refractivity contribution in [3.8, 4) is 6.07 Å². The van der Waals surface area contributed by atoms with E-state index < -0.39 is 5.54 Å². The average molecular weight is 229 g/mol. The third-order valence-electron chi connectivity index (χ3n) is 3.18. The fourth-order valence-corrected chi connectivity index (χ4v) is 2.22. The summed E-state index contributed by atoms with van der Waals surface area (Å²) in [6.07, 6.45) is 5.11. The van der Waals surface area contributed by atoms with Crippen molar-refractivity contribution in [2.24, 2.45) is 0 Å². The van der Waals surface area contributed by atoms with Crippen LogP contribution in [0.5, 0.6) is 0 Å². The lowest BCUT2D eigenvalue weighted by atomic mass is 9.99. The Kier molecular flexibility index (Phi) is 3.10. The van der Waals surface area contributed by atoms with Gasteiger partial charge in [0, 0.05) is 17.5 Å². The summed E-state index contributed by atoms with van der Waals surface area (Å²) in [5.74, 6) is -0.182. The Hall–Kier alpha value is -1.89. The first kappa shape index (κ1) is 11.6. The van der Waals surface area contributed by atoms with Crippen LogP contribution in [0.2, 0.25) is 0 Å². The van der Waals surface area contributed by atoms with Gasteiger partial charge in [-0.3, -0.25) is 9.78 Å². The third kappa shape index (κ3) is 2.44. The second kappa shape index (κ2) is 4.54. The number of hydrogen-bond acceptors (Lipinski definition) is 3. The van der Waals surface area contributed by atoms with Crippen molar-refractivity contribution in [2.75, 3.05) is 0 Å². The van der Waals surface area contributed by atoms with Crippen LogP contribution in [0.15, 0.2) is 18.3 Å². The summed E-state index contributed by atoms with van der Waals surface area (Å²) in [5.41, 5.74) is 0.711. The summed E-state index contributed by atoms with van der Waals surface area (Å²) < 4.78 is 0. The number of nitriles is 1. The van der Waals surface area contributed by atoms with Gasteiger partial charge in [-0.15, -0.1) is 0 Å². The second-order valence-electron chi connectivity index (χ2n) is 4.54. The molecule has 0 saturated heterocycles. The average Bonchev–Trinajstić information content (AvgIpc) is 2.78. The molecule has 0 spiro atoms. The first-order valence-electron chi connectivity index (χ1n) is 5.82. The fraction of sp³-hybridized carbons (Fsp3) is 0.462. The quantitative estimate of drug-likeness (QED) is 0.843. The molecule has 17 heavy (non-hydrogen) atoms. The van der Waals surface area contributed by atoms with E-state index in [2.05, 4.69) is 16.4 Å². The molecule has 0 radical (unpaired) electrons. The number of rotatable bonds is 2. The molecule has 2 rings (SSSR count). The van der Waals surface area contributed by atoms with Crippen molar-refractivity contribution in [1.82, 2.24) is 10.3 Å². The number of aromatic nitrogens is 1. The summed E-state index contributed by atoms with van der Waals surface area (Å²) >= 11 is 0. The predicted octanol–water partition coefficient (Wildman–Crippen LogP) is 1.96. The van der Waals surface area contributed by atoms with Crippen LogP contribution in [0.1, 0.15) is 41.7 Å². The standard InChI is InChI=1S/C13H15N3O/c1-10-8-11(4-7-15-10)12(17)16-13(9-14)5-2-3-6-13/h4,7-8H,2-3,5-6H2,1H3,(H,16,17). The number of nitrogens with zero attached hydrogens (tertiary/aromatic N) is 2. The Morgan fingerprint density at radius 3 is 2.82 bits per heavy atom. The van der Waals surface area contributed by atoms with E-state index in [1.54, 1.807) is 18.3 Å². The number of pyridine rings is 1. The molecule has 4 nitrogen and oxygen atoms in total. The molecule has 1 saturated carbocycles. The monoisotopic (exact) mass is 229 g/mol. The molecule has 88 valence electrons. The van der Waals surface area contributed by atoms with Crippen LogP contribution in [-0.2, 0) is 0 Å². The molecule has 1 heterocycles. The van der Waals surface area contributed by atoms with Gasteiger partial charge in [0.1, 0.15) is 5.54 Å². The number of nitrogens with one attached hydrogen (secondary N) is 1. The zero-order valence-corrected chi connectivity index (χ0v) is 9.86. The molecule has 1 aliphatic rings. The molecular weight excluding hydrogens is 214 g/mol. The Morgan fingerprint density at radius 2 is 2.24 bits per heavy atom. The topological polar surface area (TPSA) is 65.8 Å². The molecule has 0 unspecified atom stereocenters. The van der Waals surface area contributed by atoms with E-state index in [-0.39, 0.29) is 5.91 Å². The largest absolute Gasteiger partial charge is 0.334 e. The molecule has 1 aliphatic carbocycles. The van der Waals surface area contributed by atoms with Gasteiger partial charge in [0.05, 0.1) is 6.07 Å². The van der Waals surface area contributed by atoms with E-state index in [1.807, 2.05) is 6.92 Å². The van der Waals surface area contributed by atoms with Gasteiger partial charge in [0.2, 0.25) is 0 Å². The van der Waals surface area contributed by atoms with Crippen LogP contribution in [-0.4, -0.2) is 16.4 Å². The predicted molar refractivity (Wildman–Crippen MR) is 63.3 cm³/mol. The zero-order chi connectivity index (χ0) is 12.3. The number of amides is 1. The maximum Gasteiger partial charge on any atom is 0.252 e. The Bertz CT molecular complexity index is 470. The summed E-state index contributed by atoms with van der Waals surface area (Å²) in [7, 11) is 0. The summed E-state index contributed by atoms with van der Waals surface area (Å²) in [6, 6.07) is 5.65. The summed E-state index contributed by atoms with van der Waals surface area (Å²) in [6.45, 7) is 1.84. The highest BCUT2D eigenvalue weighted by atomic mass is 16.1. The normalized spacial score (nSPS) is 17.4. The number of carbonyl (C=O) groups is 1. The summed E-state index contributed by atoms with van der Waals surface area (Å²) in [4.78, 5) is 16.1. The van der Waals surface area contributed by atoms with Gasteiger partial charge < -0.3 is 5.32 Å². The van der Waals surface area contributed by atoms with Crippen LogP contribution in [0.25, 0.3) is 0 Å². The molecule has 0 bridgehead atoms. The van der Waals surface area contributed by atoms with Gasteiger partial charge in [-0.05, 0) is 44.7 Å². The van der Waals surface area contributed by atoms with Crippen LogP contribution in [0, 0.1) is 18.3 Å². The van der Waals surface area contributed by atoms with Gasteiger partial charge >= 0.3 is 0 Å². The molecule has 0 atom stereocenters. The maximum atomic E-state index is 12.0. The smallest absolute Gasteiger partial charge is 0.252 e. The Balaban J connectivity index is 2.14. The lowest BCUT2D eigenvalue weighted by Gasteiger charge is -2.21. The second-order valence-corrected chi connectivity index (χ2v) is 4.54. The van der Waals surface area contributed by atoms with E-state index in [1.165, 1.54) is 0 Å². The highest BCUT2D eigenvalue weighted by Crippen LogP contribution is 2.29. The first-order valence-corrected chi connectivity index (χ1v) is 5.82. The minimum Gasteiger partial charge on any atom is -0.334 e. The number of carbonyl (C=O) groups excluding carboxylic acids is 1. The molecule has 1 amide bonds. The van der Waals surface area contributed by atoms with Crippen molar-refractivity contribution in [2.45, 2.75) is 38.1 Å². The first-order chi connectivity index (χ1) is 8.15. The van der Waals surface area contributed by atoms with E-state index >= 15 is 0 Å². The molecular formula is C13H15N3O. The van der Waals surface area contributed by atoms with Crippen LogP contribution < -0.4 is 5.32 Å². The molecule has 1 N–H and O–H groups in total. The zero-order valence-electron chi connectivity index (χ0n) is 9.86. The molecule has 1 aromatic heterocycles. The van der Waals surface area contributed by atoms with E-state index in [0.29, 0.717) is 5.56 Å². The molecule has 1 aromatic rings. The highest BCUT2D eigenvalue weighted by molar-refractivity contribution is 5.95. The van der Waals surface area contributed by atoms with Gasteiger partial charge in [-0.1, -0.05) is 0 Å². The maximum absolute atomic E-state index is 12.0. The lowest BCUT2D eigenvalue weighted by molar-refractivity contribution is 0.0920. The fourth-order valence-electron chi connectivity index (χ4n) is 2.22. The van der Waals surface area contributed by atoms with E-state index in [0.717, 1.165) is 31.4 Å². The highest BCUT2D eigenvalue weighted by Gasteiger charge is 2.35. The SMILES string of the molecule is Cc1cc(C(=O)NC2(C#N)CCCC2)ccn1. The van der Waals surface area contributed by atoms with Crippen molar-refractivity contribution < 1.29 is 4.79 Å². The van der Waals surface area contributed by atoms with Crippen molar-refractivity contribution in [3.63, 3.8) is 0 Å². The minimum atomic E-state index is -0.658. The van der Waals surface area contributed by atoms with Crippen LogP contribution >= 0.6 is 0 Å². The number of aryl methyl sites for hydroxylation is 1. The van der Waals surface area contributed by atoms with E-state index in [4.69, 9.17) is 0 Å². The van der Waals surface area contributed by atoms with Crippen LogP contribution in [0.3, 0.4) is 0 Å². The van der Waals surface area contributed by atoms with E-state index in [9.17, 15) is 10.1 Å². The van der Waals surface area contributed by atoms with Crippen molar-refractivity contribution in [1.29, 1.82) is 5.26 Å². The third-order valence-corrected chi connectivity index (χ3v) is 3.18. The van der Waals surface area contributed by atoms with Crippen LogP contribution in [0.4, 0.5) is 0 Å². The van der Waals surface area contributed by atoms with Crippen molar-refractivity contribution >= 4 is 5.91 Å². The Labute approximate surface area is 101 Å². The lowest BCUT2D eigenvalue weighted by Crippen LogP contribution is -2.45. The molecule has 0 aliphatic heterocycles. The van der Waals surface area contributed by atoms with Gasteiger partial charge in [-0.2, -0.15) is 5.26 Å². The van der Waals surface area contributed by atoms with Gasteiger partial charge in [0.15, 0.2) is 0 Å². The van der Waals surface area contributed by atoms with Gasteiger partial charge in [0.25, 0.3) is 5.91 Å².